The maximum absolute atomic E-state index is 13.1. The van der Waals surface area contributed by atoms with Crippen LogP contribution in [0.2, 0.25) is 0 Å². The van der Waals surface area contributed by atoms with Gasteiger partial charge in [-0.1, -0.05) is 278 Å². The van der Waals surface area contributed by atoms with Crippen molar-refractivity contribution in [3.05, 3.63) is 122 Å². The second-order valence-electron chi connectivity index (χ2n) is 25.5. The van der Waals surface area contributed by atoms with E-state index >= 15 is 0 Å². The minimum atomic E-state index is -5.00. The monoisotopic (exact) mass is 1440 g/mol. The van der Waals surface area contributed by atoms with Crippen LogP contribution in [-0.4, -0.2) is 96.7 Å². The van der Waals surface area contributed by atoms with Gasteiger partial charge in [-0.2, -0.15) is 0 Å². The molecule has 0 saturated heterocycles. The number of carbonyl (C=O) groups excluding carboxylic acids is 4. The Morgan fingerprint density at radius 2 is 0.530 bits per heavy atom. The van der Waals surface area contributed by atoms with E-state index in [1.807, 2.05) is 0 Å². The Hall–Kier alpha value is -4.54. The predicted octanol–water partition coefficient (Wildman–Crippen LogP) is 22.3. The summed E-state index contributed by atoms with van der Waals surface area (Å²) in [6.45, 7) is 4.52. The van der Waals surface area contributed by atoms with E-state index < -0.39 is 97.5 Å². The quantitative estimate of drug-likeness (QED) is 0.0169. The van der Waals surface area contributed by atoms with Crippen molar-refractivity contribution < 1.29 is 80.2 Å². The van der Waals surface area contributed by atoms with Crippen LogP contribution in [0, 0.1) is 0 Å². The van der Waals surface area contributed by atoms with Crippen LogP contribution < -0.4 is 0 Å². The third kappa shape index (κ3) is 71.8. The van der Waals surface area contributed by atoms with Gasteiger partial charge in [0.2, 0.25) is 0 Å². The molecule has 0 aromatic heterocycles. The largest absolute Gasteiger partial charge is 0.472 e. The van der Waals surface area contributed by atoms with Gasteiger partial charge in [-0.25, -0.2) is 9.13 Å². The molecule has 0 heterocycles. The van der Waals surface area contributed by atoms with Crippen molar-refractivity contribution in [2.75, 3.05) is 39.6 Å². The van der Waals surface area contributed by atoms with Gasteiger partial charge in [0, 0.05) is 25.7 Å². The topological polar surface area (TPSA) is 237 Å². The van der Waals surface area contributed by atoms with Crippen LogP contribution in [0.4, 0.5) is 0 Å². The van der Waals surface area contributed by atoms with E-state index in [1.165, 1.54) is 83.5 Å². The molecule has 0 radical (unpaired) electrons. The van der Waals surface area contributed by atoms with Gasteiger partial charge < -0.3 is 33.8 Å². The molecule has 574 valence electrons. The summed E-state index contributed by atoms with van der Waals surface area (Å²) >= 11 is 0. The molecular weight excluding hydrogens is 1310 g/mol. The lowest BCUT2D eigenvalue weighted by molar-refractivity contribution is -0.161. The van der Waals surface area contributed by atoms with Gasteiger partial charge in [0.25, 0.3) is 0 Å². The number of phosphoric ester groups is 2. The Kier molecular flexibility index (Phi) is 69.5. The van der Waals surface area contributed by atoms with E-state index in [0.717, 1.165) is 141 Å². The van der Waals surface area contributed by atoms with Gasteiger partial charge in [0.1, 0.15) is 19.3 Å². The smallest absolute Gasteiger partial charge is 0.462 e. The number of hydrogen-bond donors (Lipinski definition) is 3. The number of rotatable bonds is 72. The molecule has 0 bridgehead atoms. The predicted molar refractivity (Wildman–Crippen MR) is 408 cm³/mol. The van der Waals surface area contributed by atoms with Gasteiger partial charge in [-0.15, -0.1) is 0 Å². The number of aliphatic hydroxyl groups is 1. The van der Waals surface area contributed by atoms with Crippen molar-refractivity contribution in [3.63, 3.8) is 0 Å². The van der Waals surface area contributed by atoms with Crippen molar-refractivity contribution in [1.29, 1.82) is 0 Å². The molecule has 19 heteroatoms. The van der Waals surface area contributed by atoms with E-state index in [9.17, 15) is 43.2 Å². The highest BCUT2D eigenvalue weighted by Crippen LogP contribution is 2.45. The lowest BCUT2D eigenvalue weighted by atomic mass is 10.0. The molecule has 0 amide bonds. The molecule has 0 saturated carbocycles. The molecule has 0 aliphatic rings. The average molecular weight is 1450 g/mol. The maximum atomic E-state index is 13.1. The Balaban J connectivity index is 5.39. The van der Waals surface area contributed by atoms with Crippen LogP contribution in [-0.2, 0) is 65.4 Å². The molecular formula is C81H138O17P2. The summed E-state index contributed by atoms with van der Waals surface area (Å²) in [6.07, 6.45) is 79.1. The Bertz CT molecular complexity index is 2370. The van der Waals surface area contributed by atoms with E-state index in [4.69, 9.17) is 37.0 Å². The van der Waals surface area contributed by atoms with Crippen LogP contribution in [0.1, 0.15) is 310 Å². The van der Waals surface area contributed by atoms with Crippen LogP contribution in [0.5, 0.6) is 0 Å². The van der Waals surface area contributed by atoms with Crippen molar-refractivity contribution in [1.82, 2.24) is 0 Å². The minimum Gasteiger partial charge on any atom is -0.462 e. The summed E-state index contributed by atoms with van der Waals surface area (Å²) in [7, 11) is -9.97. The molecule has 0 aromatic rings. The van der Waals surface area contributed by atoms with Crippen LogP contribution in [0.3, 0.4) is 0 Å². The zero-order valence-corrected chi connectivity index (χ0v) is 64.4. The molecule has 0 aliphatic heterocycles. The molecule has 0 aromatic carbocycles. The first-order valence-corrected chi connectivity index (χ1v) is 41.8. The standard InChI is InChI=1S/C81H138O17P2/c1-5-9-13-17-21-25-29-32-35-36-37-38-41-43-47-50-54-58-62-66-79(84)92-72-77(98-81(86)68-64-60-56-52-48-44-40-34-31-27-23-19-15-11-7-3)74-96-100(89,90)94-70-75(82)69-93-99(87,88)95-73-76(97-80(85)67-63-59-55-51-45-28-24-20-16-12-8-4)71-91-78(83)65-61-57-53-49-46-42-39-33-30-26-22-18-14-10-6-2/h9,11,13,15,20-21,23-25,27,32,34-35,37-38,40,43,47-48,52,75-77,82H,5-8,10,12,14,16-19,22,26,28-31,33,36,39,41-42,44-46,49-51,53-74H2,1-4H3,(H,87,88)(H,89,90)/b13-9-,15-11-,24-20-,25-21-,27-23-,35-32-,38-37-,40-34-,47-43-,52-48-. The van der Waals surface area contributed by atoms with Gasteiger partial charge in [0.15, 0.2) is 12.2 Å². The average Bonchev–Trinajstić information content (AvgIpc) is 0.985. The van der Waals surface area contributed by atoms with E-state index in [1.54, 1.807) is 0 Å². The van der Waals surface area contributed by atoms with Crippen molar-refractivity contribution in [3.8, 4) is 0 Å². The minimum absolute atomic E-state index is 0.0324. The zero-order chi connectivity index (χ0) is 73.2. The second kappa shape index (κ2) is 72.8. The van der Waals surface area contributed by atoms with Crippen LogP contribution in [0.15, 0.2) is 122 Å². The van der Waals surface area contributed by atoms with Gasteiger partial charge >= 0.3 is 39.5 Å². The van der Waals surface area contributed by atoms with E-state index in [2.05, 4.69) is 149 Å². The first kappa shape index (κ1) is 95.5. The van der Waals surface area contributed by atoms with Crippen molar-refractivity contribution in [2.24, 2.45) is 0 Å². The Morgan fingerprint density at radius 3 is 0.870 bits per heavy atom. The summed E-state index contributed by atoms with van der Waals surface area (Å²) in [6, 6.07) is 0. The van der Waals surface area contributed by atoms with E-state index in [0.29, 0.717) is 32.1 Å². The summed E-state index contributed by atoms with van der Waals surface area (Å²) in [5.74, 6) is -2.26. The van der Waals surface area contributed by atoms with Crippen LogP contribution in [0.25, 0.3) is 0 Å². The van der Waals surface area contributed by atoms with Crippen molar-refractivity contribution >= 4 is 39.5 Å². The number of ether oxygens (including phenoxy) is 4. The maximum Gasteiger partial charge on any atom is 0.472 e. The summed E-state index contributed by atoms with van der Waals surface area (Å²) < 4.78 is 68.4. The number of unbranched alkanes of at least 4 members (excludes halogenated alkanes) is 26. The highest BCUT2D eigenvalue weighted by atomic mass is 31.2. The summed E-state index contributed by atoms with van der Waals surface area (Å²) in [5.41, 5.74) is 0. The van der Waals surface area contributed by atoms with Crippen LogP contribution >= 0.6 is 15.6 Å². The fourth-order valence-electron chi connectivity index (χ4n) is 10.0. The lowest BCUT2D eigenvalue weighted by Crippen LogP contribution is -2.30. The number of hydrogen-bond acceptors (Lipinski definition) is 15. The third-order valence-corrected chi connectivity index (χ3v) is 17.8. The van der Waals surface area contributed by atoms with Gasteiger partial charge in [-0.05, 0) is 128 Å². The molecule has 100 heavy (non-hydrogen) atoms. The highest BCUT2D eigenvalue weighted by Gasteiger charge is 2.30. The Labute approximate surface area is 606 Å². The second-order valence-corrected chi connectivity index (χ2v) is 28.4. The lowest BCUT2D eigenvalue weighted by Gasteiger charge is -2.21. The van der Waals surface area contributed by atoms with Gasteiger partial charge in [-0.3, -0.25) is 37.3 Å². The first-order chi connectivity index (χ1) is 48.7. The molecule has 3 N–H and O–H groups in total. The third-order valence-electron chi connectivity index (χ3n) is 15.9. The molecule has 0 fully saturated rings. The number of aliphatic hydroxyl groups excluding tert-OH is 1. The molecule has 0 rings (SSSR count). The Morgan fingerprint density at radius 1 is 0.290 bits per heavy atom. The van der Waals surface area contributed by atoms with Gasteiger partial charge in [0.05, 0.1) is 26.4 Å². The molecule has 0 aliphatic carbocycles. The number of carbonyl (C=O) groups is 4. The normalized spacial score (nSPS) is 14.6. The van der Waals surface area contributed by atoms with Crippen molar-refractivity contribution in [2.45, 2.75) is 329 Å². The molecule has 5 atom stereocenters. The summed E-state index contributed by atoms with van der Waals surface area (Å²) in [5, 5.41) is 10.6. The number of phosphoric acid groups is 2. The molecule has 5 unspecified atom stereocenters. The summed E-state index contributed by atoms with van der Waals surface area (Å²) in [4.78, 5) is 72.8. The van der Waals surface area contributed by atoms with E-state index in [-0.39, 0.29) is 25.7 Å². The number of esters is 4. The SMILES string of the molecule is CC/C=C\C/C=C\C/C=C\C/C=C\C/C=C\CCCCCC(=O)OCC(COP(=O)(O)OCC(O)COP(=O)(O)OCC(COC(=O)CCCCCCCCCCCCCCCCC)OC(=O)CCCCCCC/C=C\CCCC)OC(=O)CCCC/C=C\C/C=C\C/C=C\C/C=C\CC. The zero-order valence-electron chi connectivity index (χ0n) is 62.6. The fourth-order valence-corrected chi connectivity index (χ4v) is 11.6. The molecule has 17 nitrogen and oxygen atoms in total. The first-order valence-electron chi connectivity index (χ1n) is 38.8. The number of allylic oxidation sites excluding steroid dienone is 20. The molecule has 0 spiro atoms. The highest BCUT2D eigenvalue weighted by molar-refractivity contribution is 7.47. The fraction of sp³-hybridized carbons (Fsp3) is 0.704.